The lowest BCUT2D eigenvalue weighted by atomic mass is 10.0. The summed E-state index contributed by atoms with van der Waals surface area (Å²) in [5.74, 6) is -1.38. The molecule has 2 aromatic carbocycles. The van der Waals surface area contributed by atoms with E-state index in [0.29, 0.717) is 11.1 Å². The largest absolute Gasteiger partial charge is 0.480 e. The van der Waals surface area contributed by atoms with Crippen LogP contribution in [0.1, 0.15) is 31.4 Å². The van der Waals surface area contributed by atoms with Crippen LogP contribution in [0.25, 0.3) is 10.8 Å². The third kappa shape index (κ3) is 5.43. The van der Waals surface area contributed by atoms with E-state index >= 15 is 0 Å². The minimum absolute atomic E-state index is 0.0263. The minimum Gasteiger partial charge on any atom is -0.480 e. The number of carboxylic acid groups (broad SMARTS) is 1. The fraction of sp³-hybridized carbons (Fsp3) is 0.304. The summed E-state index contributed by atoms with van der Waals surface area (Å²) >= 11 is 0. The molecule has 6 nitrogen and oxygen atoms in total. The molecule has 158 valence electrons. The summed E-state index contributed by atoms with van der Waals surface area (Å²) in [5.41, 5.74) is 1.27. The topological polar surface area (TPSA) is 87.6 Å². The number of nitrogens with zero attached hydrogens (tertiary/aromatic N) is 2. The van der Waals surface area contributed by atoms with E-state index in [0.717, 1.165) is 15.1 Å². The van der Waals surface area contributed by atoms with E-state index in [1.807, 2.05) is 50.2 Å². The van der Waals surface area contributed by atoms with Gasteiger partial charge in [0.25, 0.3) is 0 Å². The van der Waals surface area contributed by atoms with Crippen LogP contribution in [0.15, 0.2) is 67.0 Å². The molecule has 0 unspecified atom stereocenters. The molecule has 0 bridgehead atoms. The molecule has 0 saturated heterocycles. The Morgan fingerprint density at radius 3 is 2.40 bits per heavy atom. The molecule has 1 N–H and O–H groups in total. The van der Waals surface area contributed by atoms with Crippen LogP contribution in [-0.4, -0.2) is 34.8 Å². The number of fused-ring (bicyclic) bond motifs is 1. The van der Waals surface area contributed by atoms with Gasteiger partial charge in [-0.1, -0.05) is 62.4 Å². The van der Waals surface area contributed by atoms with Gasteiger partial charge in [-0.2, -0.15) is 4.31 Å². The lowest BCUT2D eigenvalue weighted by Gasteiger charge is -2.29. The van der Waals surface area contributed by atoms with E-state index in [2.05, 4.69) is 4.98 Å². The molecule has 30 heavy (non-hydrogen) atoms. The molecule has 0 aliphatic heterocycles. The molecule has 1 heterocycles. The van der Waals surface area contributed by atoms with E-state index in [1.165, 1.54) is 0 Å². The molecule has 0 spiro atoms. The van der Waals surface area contributed by atoms with Crippen molar-refractivity contribution in [1.82, 2.24) is 9.29 Å². The molecular formula is C23H26N2O4S. The van der Waals surface area contributed by atoms with Crippen molar-refractivity contribution in [3.8, 4) is 0 Å². The predicted molar refractivity (Wildman–Crippen MR) is 117 cm³/mol. The standard InChI is InChI=1S/C23H26N2O4S/c1-17(2)12-22(23(26)27)25(15-19-6-5-11-24-14-19)30(28,29)16-18-9-10-20-7-3-4-8-21(20)13-18/h3-11,13-14,17,22H,12,15-16H2,1-2H3,(H,26,27)/t22-/m1/s1. The summed E-state index contributed by atoms with van der Waals surface area (Å²) in [6, 6.07) is 15.5. The number of benzene rings is 2. The monoisotopic (exact) mass is 426 g/mol. The smallest absolute Gasteiger partial charge is 0.322 e. The molecule has 1 aromatic heterocycles. The van der Waals surface area contributed by atoms with Crippen LogP contribution in [0, 0.1) is 5.92 Å². The van der Waals surface area contributed by atoms with Crippen molar-refractivity contribution < 1.29 is 18.3 Å². The molecule has 0 aliphatic rings. The Balaban J connectivity index is 1.97. The normalized spacial score (nSPS) is 13.1. The number of aliphatic carboxylic acids is 1. The third-order valence-corrected chi connectivity index (χ3v) is 6.71. The maximum atomic E-state index is 13.4. The second-order valence-electron chi connectivity index (χ2n) is 7.83. The van der Waals surface area contributed by atoms with Crippen molar-refractivity contribution >= 4 is 26.8 Å². The molecule has 1 atom stereocenters. The number of rotatable bonds is 9. The van der Waals surface area contributed by atoms with Crippen LogP contribution < -0.4 is 0 Å². The second kappa shape index (κ2) is 9.36. The summed E-state index contributed by atoms with van der Waals surface area (Å²) in [6.45, 7) is 3.73. The van der Waals surface area contributed by atoms with Crippen molar-refractivity contribution in [1.29, 1.82) is 0 Å². The van der Waals surface area contributed by atoms with Gasteiger partial charge in [0, 0.05) is 18.9 Å². The number of sulfonamides is 1. The lowest BCUT2D eigenvalue weighted by Crippen LogP contribution is -2.45. The number of pyridine rings is 1. The van der Waals surface area contributed by atoms with E-state index < -0.39 is 22.0 Å². The number of hydrogen-bond acceptors (Lipinski definition) is 4. The zero-order valence-electron chi connectivity index (χ0n) is 17.1. The zero-order valence-corrected chi connectivity index (χ0v) is 17.9. The highest BCUT2D eigenvalue weighted by atomic mass is 32.2. The fourth-order valence-corrected chi connectivity index (χ4v) is 5.16. The lowest BCUT2D eigenvalue weighted by molar-refractivity contribution is -0.142. The molecule has 0 radical (unpaired) electrons. The van der Waals surface area contributed by atoms with Crippen LogP contribution in [0.5, 0.6) is 0 Å². The Labute approximate surface area is 177 Å². The average molecular weight is 427 g/mol. The van der Waals surface area contributed by atoms with E-state index in [-0.39, 0.29) is 24.6 Å². The first kappa shape index (κ1) is 21.9. The molecule has 3 aromatic rings. The van der Waals surface area contributed by atoms with Gasteiger partial charge in [-0.3, -0.25) is 9.78 Å². The Kier molecular flexibility index (Phi) is 6.84. The number of carboxylic acids is 1. The van der Waals surface area contributed by atoms with Gasteiger partial charge in [-0.25, -0.2) is 8.42 Å². The summed E-state index contributed by atoms with van der Waals surface area (Å²) in [5, 5.41) is 11.8. The van der Waals surface area contributed by atoms with Crippen LogP contribution in [0.4, 0.5) is 0 Å². The highest BCUT2D eigenvalue weighted by Crippen LogP contribution is 2.24. The van der Waals surface area contributed by atoms with Gasteiger partial charge in [0.1, 0.15) is 6.04 Å². The maximum Gasteiger partial charge on any atom is 0.322 e. The van der Waals surface area contributed by atoms with Crippen molar-refractivity contribution in [3.05, 3.63) is 78.1 Å². The first-order chi connectivity index (χ1) is 14.3. The summed E-state index contributed by atoms with van der Waals surface area (Å²) in [6.07, 6.45) is 3.39. The predicted octanol–water partition coefficient (Wildman–Crippen LogP) is 4.07. The van der Waals surface area contributed by atoms with E-state index in [9.17, 15) is 18.3 Å². The average Bonchev–Trinajstić information content (AvgIpc) is 2.70. The molecule has 7 heteroatoms. The highest BCUT2D eigenvalue weighted by molar-refractivity contribution is 7.88. The molecule has 0 aliphatic carbocycles. The summed E-state index contributed by atoms with van der Waals surface area (Å²) < 4.78 is 27.9. The molecular weight excluding hydrogens is 400 g/mol. The summed E-state index contributed by atoms with van der Waals surface area (Å²) in [4.78, 5) is 16.1. The van der Waals surface area contributed by atoms with Gasteiger partial charge < -0.3 is 5.11 Å². The Morgan fingerprint density at radius 2 is 1.77 bits per heavy atom. The van der Waals surface area contributed by atoms with Crippen molar-refractivity contribution in [3.63, 3.8) is 0 Å². The van der Waals surface area contributed by atoms with Crippen LogP contribution in [0.3, 0.4) is 0 Å². The SMILES string of the molecule is CC(C)C[C@H](C(=O)O)N(Cc1cccnc1)S(=O)(=O)Cc1ccc2ccccc2c1. The molecule has 3 rings (SSSR count). The minimum atomic E-state index is -3.91. The Hall–Kier alpha value is -2.77. The van der Waals surface area contributed by atoms with Crippen molar-refractivity contribution in [2.24, 2.45) is 5.92 Å². The summed E-state index contributed by atoms with van der Waals surface area (Å²) in [7, 11) is -3.91. The maximum absolute atomic E-state index is 13.4. The number of aromatic nitrogens is 1. The van der Waals surface area contributed by atoms with Crippen LogP contribution in [-0.2, 0) is 27.1 Å². The van der Waals surface area contributed by atoms with Gasteiger partial charge in [0.2, 0.25) is 10.0 Å². The number of carbonyl (C=O) groups is 1. The van der Waals surface area contributed by atoms with Crippen LogP contribution in [0.2, 0.25) is 0 Å². The molecule has 0 saturated carbocycles. The zero-order chi connectivity index (χ0) is 21.7. The van der Waals surface area contributed by atoms with Crippen molar-refractivity contribution in [2.75, 3.05) is 0 Å². The Morgan fingerprint density at radius 1 is 1.03 bits per heavy atom. The molecule has 0 amide bonds. The van der Waals surface area contributed by atoms with E-state index in [4.69, 9.17) is 0 Å². The van der Waals surface area contributed by atoms with Gasteiger partial charge in [0.05, 0.1) is 5.75 Å². The third-order valence-electron chi connectivity index (χ3n) is 4.91. The first-order valence-corrected chi connectivity index (χ1v) is 11.5. The fourth-order valence-electron chi connectivity index (χ4n) is 3.48. The van der Waals surface area contributed by atoms with E-state index in [1.54, 1.807) is 30.6 Å². The first-order valence-electron chi connectivity index (χ1n) is 9.85. The van der Waals surface area contributed by atoms with Gasteiger partial charge in [-0.15, -0.1) is 0 Å². The van der Waals surface area contributed by atoms with Gasteiger partial charge in [0.15, 0.2) is 0 Å². The quantitative estimate of drug-likeness (QED) is 0.557. The van der Waals surface area contributed by atoms with Gasteiger partial charge in [-0.05, 0) is 40.3 Å². The van der Waals surface area contributed by atoms with Gasteiger partial charge >= 0.3 is 5.97 Å². The molecule has 0 fully saturated rings. The van der Waals surface area contributed by atoms with Crippen LogP contribution >= 0.6 is 0 Å². The number of hydrogen-bond donors (Lipinski definition) is 1. The Bertz CT molecular complexity index is 1110. The highest BCUT2D eigenvalue weighted by Gasteiger charge is 2.35. The van der Waals surface area contributed by atoms with Crippen molar-refractivity contribution in [2.45, 2.75) is 38.6 Å². The second-order valence-corrected chi connectivity index (χ2v) is 9.75.